The highest BCUT2D eigenvalue weighted by atomic mass is 32.2. The summed E-state index contributed by atoms with van der Waals surface area (Å²) >= 11 is 2.04. The van der Waals surface area contributed by atoms with E-state index in [1.165, 1.54) is 37.2 Å². The first-order valence-corrected chi connectivity index (χ1v) is 6.83. The van der Waals surface area contributed by atoms with Crippen molar-refractivity contribution < 1.29 is 4.74 Å². The molecule has 0 saturated carbocycles. The summed E-state index contributed by atoms with van der Waals surface area (Å²) in [6.45, 7) is 3.07. The molecular weight excluding hydrogens is 194 g/mol. The van der Waals surface area contributed by atoms with Gasteiger partial charge in [0.2, 0.25) is 0 Å². The molecular formula is C11H21NOS. The smallest absolute Gasteiger partial charge is 0.0783 e. The molecule has 1 spiro atoms. The molecule has 2 nitrogen and oxygen atoms in total. The summed E-state index contributed by atoms with van der Waals surface area (Å²) in [4.78, 5) is 0. The third-order valence-electron chi connectivity index (χ3n) is 3.37. The van der Waals surface area contributed by atoms with Gasteiger partial charge < -0.3 is 10.5 Å². The third-order valence-corrected chi connectivity index (χ3v) is 4.59. The molecule has 14 heavy (non-hydrogen) atoms. The number of hydrogen-bond acceptors (Lipinski definition) is 3. The van der Waals surface area contributed by atoms with Gasteiger partial charge in [0, 0.05) is 18.4 Å². The van der Waals surface area contributed by atoms with E-state index in [4.69, 9.17) is 10.5 Å². The van der Waals surface area contributed by atoms with Crippen LogP contribution in [-0.4, -0.2) is 29.8 Å². The van der Waals surface area contributed by atoms with E-state index in [-0.39, 0.29) is 5.60 Å². The summed E-state index contributed by atoms with van der Waals surface area (Å²) in [5, 5.41) is 0. The molecule has 2 aliphatic rings. The van der Waals surface area contributed by atoms with Crippen LogP contribution in [-0.2, 0) is 4.74 Å². The minimum atomic E-state index is 0.239. The molecule has 2 fully saturated rings. The predicted molar refractivity (Wildman–Crippen MR) is 61.6 cm³/mol. The van der Waals surface area contributed by atoms with Crippen LogP contribution in [0.25, 0.3) is 0 Å². The SMILES string of the molecule is CC(N)CC1CCOC2(CCSC2)C1. The standard InChI is InChI=1S/C11H21NOS/c1-9(12)6-10-2-4-13-11(7-10)3-5-14-8-11/h9-10H,2-8,12H2,1H3. The van der Waals surface area contributed by atoms with Gasteiger partial charge in [0.15, 0.2) is 0 Å². The van der Waals surface area contributed by atoms with Crippen LogP contribution in [0, 0.1) is 5.92 Å². The van der Waals surface area contributed by atoms with Gasteiger partial charge in [-0.2, -0.15) is 11.8 Å². The van der Waals surface area contributed by atoms with Crippen LogP contribution in [0.3, 0.4) is 0 Å². The van der Waals surface area contributed by atoms with Crippen LogP contribution in [0.15, 0.2) is 0 Å². The summed E-state index contributed by atoms with van der Waals surface area (Å²) in [5.41, 5.74) is 6.10. The average Bonchev–Trinajstić information content (AvgIpc) is 2.52. The molecule has 0 aromatic carbocycles. The lowest BCUT2D eigenvalue weighted by atomic mass is 9.82. The molecule has 3 heteroatoms. The topological polar surface area (TPSA) is 35.2 Å². The van der Waals surface area contributed by atoms with Crippen LogP contribution < -0.4 is 5.73 Å². The molecule has 2 N–H and O–H groups in total. The van der Waals surface area contributed by atoms with Gasteiger partial charge in [-0.15, -0.1) is 0 Å². The van der Waals surface area contributed by atoms with E-state index >= 15 is 0 Å². The second-order valence-electron chi connectivity index (χ2n) is 4.91. The van der Waals surface area contributed by atoms with E-state index < -0.39 is 0 Å². The molecule has 2 rings (SSSR count). The molecule has 0 aromatic heterocycles. The molecule has 2 heterocycles. The van der Waals surface area contributed by atoms with Crippen molar-refractivity contribution in [1.29, 1.82) is 0 Å². The van der Waals surface area contributed by atoms with E-state index in [0.29, 0.717) is 6.04 Å². The molecule has 3 unspecified atom stereocenters. The molecule has 3 atom stereocenters. The zero-order valence-electron chi connectivity index (χ0n) is 9.00. The van der Waals surface area contributed by atoms with Crippen molar-refractivity contribution in [2.24, 2.45) is 11.7 Å². The molecule has 0 radical (unpaired) electrons. The van der Waals surface area contributed by atoms with E-state index in [9.17, 15) is 0 Å². The Kier molecular flexibility index (Phi) is 3.40. The maximum Gasteiger partial charge on any atom is 0.0783 e. The lowest BCUT2D eigenvalue weighted by Crippen LogP contribution is -2.41. The van der Waals surface area contributed by atoms with Crippen LogP contribution >= 0.6 is 11.8 Å². The van der Waals surface area contributed by atoms with Gasteiger partial charge in [0.05, 0.1) is 5.60 Å². The predicted octanol–water partition coefficient (Wildman–Crippen LogP) is 2.03. The number of hydrogen-bond donors (Lipinski definition) is 1. The number of rotatable bonds is 2. The fraction of sp³-hybridized carbons (Fsp3) is 1.00. The Morgan fingerprint density at radius 1 is 1.64 bits per heavy atom. The largest absolute Gasteiger partial charge is 0.374 e. The minimum absolute atomic E-state index is 0.239. The second kappa shape index (κ2) is 4.42. The molecule has 0 bridgehead atoms. The average molecular weight is 215 g/mol. The highest BCUT2D eigenvalue weighted by molar-refractivity contribution is 7.99. The minimum Gasteiger partial charge on any atom is -0.374 e. The van der Waals surface area contributed by atoms with Crippen LogP contribution in [0.1, 0.15) is 32.6 Å². The van der Waals surface area contributed by atoms with Gasteiger partial charge in [-0.25, -0.2) is 0 Å². The maximum atomic E-state index is 5.98. The van der Waals surface area contributed by atoms with E-state index in [0.717, 1.165) is 12.5 Å². The van der Waals surface area contributed by atoms with Crippen molar-refractivity contribution in [2.75, 3.05) is 18.1 Å². The highest BCUT2D eigenvalue weighted by Gasteiger charge is 2.40. The summed E-state index contributed by atoms with van der Waals surface area (Å²) < 4.78 is 5.98. The van der Waals surface area contributed by atoms with Crippen LogP contribution in [0.2, 0.25) is 0 Å². The van der Waals surface area contributed by atoms with Crippen LogP contribution in [0.4, 0.5) is 0 Å². The van der Waals surface area contributed by atoms with Crippen molar-refractivity contribution in [3.8, 4) is 0 Å². The summed E-state index contributed by atoms with van der Waals surface area (Å²) in [6.07, 6.45) is 4.90. The molecule has 2 aliphatic heterocycles. The van der Waals surface area contributed by atoms with Gasteiger partial charge in [-0.3, -0.25) is 0 Å². The Labute approximate surface area is 91.0 Å². The van der Waals surface area contributed by atoms with Gasteiger partial charge >= 0.3 is 0 Å². The second-order valence-corrected chi connectivity index (χ2v) is 6.01. The van der Waals surface area contributed by atoms with Gasteiger partial charge in [-0.05, 0) is 44.3 Å². The quantitative estimate of drug-likeness (QED) is 0.765. The molecule has 82 valence electrons. The van der Waals surface area contributed by atoms with E-state index in [2.05, 4.69) is 6.92 Å². The van der Waals surface area contributed by atoms with Gasteiger partial charge in [-0.1, -0.05) is 0 Å². The molecule has 0 amide bonds. The Morgan fingerprint density at radius 2 is 2.50 bits per heavy atom. The Hall–Kier alpha value is 0.270. The summed E-state index contributed by atoms with van der Waals surface area (Å²) in [6, 6.07) is 0.351. The fourth-order valence-corrected chi connectivity index (χ4v) is 4.10. The maximum absolute atomic E-state index is 5.98. The van der Waals surface area contributed by atoms with Crippen LogP contribution in [0.5, 0.6) is 0 Å². The van der Waals surface area contributed by atoms with Gasteiger partial charge in [0.25, 0.3) is 0 Å². The summed E-state index contributed by atoms with van der Waals surface area (Å²) in [7, 11) is 0. The first-order chi connectivity index (χ1) is 6.70. The first kappa shape index (κ1) is 10.8. The normalized spacial score (nSPS) is 40.3. The summed E-state index contributed by atoms with van der Waals surface area (Å²) in [5.74, 6) is 3.30. The van der Waals surface area contributed by atoms with E-state index in [1.54, 1.807) is 0 Å². The fourth-order valence-electron chi connectivity index (χ4n) is 2.72. The van der Waals surface area contributed by atoms with E-state index in [1.807, 2.05) is 11.8 Å². The first-order valence-electron chi connectivity index (χ1n) is 5.67. The Morgan fingerprint density at radius 3 is 3.14 bits per heavy atom. The van der Waals surface area contributed by atoms with Gasteiger partial charge in [0.1, 0.15) is 0 Å². The molecule has 0 aromatic rings. The zero-order valence-corrected chi connectivity index (χ0v) is 9.81. The van der Waals surface area contributed by atoms with Crippen molar-refractivity contribution in [2.45, 2.75) is 44.2 Å². The lowest BCUT2D eigenvalue weighted by Gasteiger charge is -2.38. The Balaban J connectivity index is 1.90. The number of nitrogens with two attached hydrogens (primary N) is 1. The number of ether oxygens (including phenoxy) is 1. The number of thioether (sulfide) groups is 1. The van der Waals surface area contributed by atoms with Crippen molar-refractivity contribution in [1.82, 2.24) is 0 Å². The highest BCUT2D eigenvalue weighted by Crippen LogP contribution is 2.41. The van der Waals surface area contributed by atoms with Crippen molar-refractivity contribution >= 4 is 11.8 Å². The van der Waals surface area contributed by atoms with Crippen molar-refractivity contribution in [3.05, 3.63) is 0 Å². The van der Waals surface area contributed by atoms with Crippen molar-refractivity contribution in [3.63, 3.8) is 0 Å². The zero-order chi connectivity index (χ0) is 10.0. The Bertz CT molecular complexity index is 190. The third kappa shape index (κ3) is 2.44. The molecule has 2 saturated heterocycles. The lowest BCUT2D eigenvalue weighted by molar-refractivity contribution is -0.0810. The molecule has 0 aliphatic carbocycles. The monoisotopic (exact) mass is 215 g/mol.